The first-order chi connectivity index (χ1) is 32.4. The van der Waals surface area contributed by atoms with Crippen LogP contribution in [0.1, 0.15) is 157 Å². The van der Waals surface area contributed by atoms with Crippen molar-refractivity contribution < 1.29 is 38.9 Å². The molecule has 6 atom stereocenters. The molecular formula is C56H76N2O8. The maximum Gasteiger partial charge on any atom is 0.239 e. The third-order valence-electron chi connectivity index (χ3n) is 13.8. The molecule has 1 saturated carbocycles. The number of hydrogen-bond acceptors (Lipinski definition) is 9. The first kappa shape index (κ1) is 50.6. The van der Waals surface area contributed by atoms with E-state index in [1.54, 1.807) is 24.3 Å². The Kier molecular flexibility index (Phi) is 20.4. The molecule has 10 heteroatoms. The summed E-state index contributed by atoms with van der Waals surface area (Å²) in [7, 11) is 0. The number of allylic oxidation sites excluding steroid dienone is 1. The second-order valence-corrected chi connectivity index (χ2v) is 18.5. The number of aliphatic hydroxyl groups excluding tert-OH is 2. The summed E-state index contributed by atoms with van der Waals surface area (Å²) < 4.78 is 21.1. The number of carbonyl (C=O) groups is 2. The number of aldehydes is 1. The van der Waals surface area contributed by atoms with Crippen LogP contribution in [0.25, 0.3) is 0 Å². The molecule has 0 spiro atoms. The molecule has 2 N–H and O–H groups in total. The molecule has 10 nitrogen and oxygen atoms in total. The van der Waals surface area contributed by atoms with Crippen LogP contribution in [0.5, 0.6) is 17.2 Å². The summed E-state index contributed by atoms with van der Waals surface area (Å²) in [4.78, 5) is 34.9. The van der Waals surface area contributed by atoms with Crippen molar-refractivity contribution in [3.63, 3.8) is 0 Å². The van der Waals surface area contributed by atoms with E-state index in [4.69, 9.17) is 24.2 Å². The zero-order valence-electron chi connectivity index (χ0n) is 39.8. The Morgan fingerprint density at radius 1 is 0.848 bits per heavy atom. The molecule has 0 aromatic heterocycles. The number of ether oxygens (including phenoxy) is 3. The summed E-state index contributed by atoms with van der Waals surface area (Å²) in [6.07, 6.45) is 21.7. The van der Waals surface area contributed by atoms with Crippen molar-refractivity contribution in [2.75, 3.05) is 26.4 Å². The average molecular weight is 905 g/mol. The number of amides is 1. The Bertz CT molecular complexity index is 2030. The van der Waals surface area contributed by atoms with Gasteiger partial charge < -0.3 is 34.2 Å². The fraction of sp³-hybridized carbons (Fsp3) is 0.554. The summed E-state index contributed by atoms with van der Waals surface area (Å²) in [5.74, 6) is 0.189. The number of benzene rings is 3. The molecule has 2 aliphatic carbocycles. The average Bonchev–Trinajstić information content (AvgIpc) is 3.34. The van der Waals surface area contributed by atoms with Gasteiger partial charge in [-0.25, -0.2) is 0 Å². The van der Waals surface area contributed by atoms with Gasteiger partial charge in [0.15, 0.2) is 0 Å². The molecule has 6 rings (SSSR count). The zero-order chi connectivity index (χ0) is 46.6. The van der Waals surface area contributed by atoms with Crippen LogP contribution in [0.2, 0.25) is 0 Å². The maximum atomic E-state index is 14.9. The number of oxime groups is 1. The topological polar surface area (TPSA) is 127 Å². The van der Waals surface area contributed by atoms with Crippen LogP contribution >= 0.6 is 0 Å². The Labute approximate surface area is 394 Å². The number of aliphatic hydroxyl groups is 2. The summed E-state index contributed by atoms with van der Waals surface area (Å²) in [5.41, 5.74) is 4.28. The van der Waals surface area contributed by atoms with E-state index in [2.05, 4.69) is 32.6 Å². The largest absolute Gasteiger partial charge is 0.459 e. The summed E-state index contributed by atoms with van der Waals surface area (Å²) in [6, 6.07) is 22.5. The molecule has 1 heterocycles. The summed E-state index contributed by atoms with van der Waals surface area (Å²) >= 11 is 0. The quantitative estimate of drug-likeness (QED) is 0.0293. The van der Waals surface area contributed by atoms with Gasteiger partial charge in [0.2, 0.25) is 11.7 Å². The maximum absolute atomic E-state index is 14.9. The third kappa shape index (κ3) is 13.0. The van der Waals surface area contributed by atoms with E-state index in [0.29, 0.717) is 61.6 Å². The molecule has 1 fully saturated rings. The smallest absolute Gasteiger partial charge is 0.239 e. The fourth-order valence-electron chi connectivity index (χ4n) is 10.7. The molecule has 3 aliphatic rings. The van der Waals surface area contributed by atoms with Gasteiger partial charge in [-0.1, -0.05) is 138 Å². The number of rotatable bonds is 30. The molecule has 358 valence electrons. The number of carbonyl (C=O) groups excluding carboxylic acids is 2. The Balaban J connectivity index is 1.47. The van der Waals surface area contributed by atoms with Gasteiger partial charge in [0.05, 0.1) is 18.2 Å². The summed E-state index contributed by atoms with van der Waals surface area (Å²) in [6.45, 7) is 9.69. The van der Waals surface area contributed by atoms with Crippen molar-refractivity contribution in [1.29, 1.82) is 0 Å². The van der Waals surface area contributed by atoms with Gasteiger partial charge in [0.1, 0.15) is 36.2 Å². The van der Waals surface area contributed by atoms with Crippen LogP contribution in [0.3, 0.4) is 0 Å². The van der Waals surface area contributed by atoms with Crippen molar-refractivity contribution in [1.82, 2.24) is 4.90 Å². The lowest BCUT2D eigenvalue weighted by Crippen LogP contribution is -2.70. The van der Waals surface area contributed by atoms with Crippen LogP contribution in [-0.2, 0) is 21.0 Å². The summed E-state index contributed by atoms with van der Waals surface area (Å²) in [5, 5.41) is 25.0. The van der Waals surface area contributed by atoms with E-state index in [0.717, 1.165) is 80.1 Å². The van der Waals surface area contributed by atoms with E-state index in [1.807, 2.05) is 53.4 Å². The molecular weight excluding hydrogens is 829 g/mol. The van der Waals surface area contributed by atoms with E-state index in [1.165, 1.54) is 38.5 Å². The van der Waals surface area contributed by atoms with Crippen LogP contribution in [0.4, 0.5) is 0 Å². The predicted octanol–water partition coefficient (Wildman–Crippen LogP) is 12.3. The normalized spacial score (nSPS) is 22.4. The molecule has 6 unspecified atom stereocenters. The molecule has 3 aromatic rings. The SMILES string of the molecule is C=CCOC12Oc3ccc(Oc4cccc(C=O)c4)cc3C3C(CCCCO)C(CCCCO)C=C(C(=NOCc4ccccc4)CC1N(CCC)C(=O)CCCCCCCCCCC)C32. The van der Waals surface area contributed by atoms with Gasteiger partial charge in [-0.05, 0) is 91.8 Å². The standard InChI is InChI=1S/C56H76N2O8/c1-4-7-8-9-10-11-12-13-17-29-53(62)58(32-5-2)52-39-50(57-64-41-42-23-15-14-16-24-42)48-37-44(26-18-20-33-59)47(28-19-21-34-60)54-49-38-46(65-45-27-22-25-43(36-45)40-61)30-31-51(49)66-56(52,55(48)54)63-35-6-3/h6,14-16,22-25,27,30-31,36-38,40,44,47,52,54-55,59-60H,3-5,7-13,17-21,26,28-29,32-35,39,41H2,1-2H3. The van der Waals surface area contributed by atoms with Crippen LogP contribution in [-0.4, -0.2) is 71.2 Å². The minimum Gasteiger partial charge on any atom is -0.459 e. The lowest BCUT2D eigenvalue weighted by molar-refractivity contribution is -0.257. The van der Waals surface area contributed by atoms with Crippen LogP contribution in [0, 0.1) is 17.8 Å². The second kappa shape index (κ2) is 26.5. The zero-order valence-corrected chi connectivity index (χ0v) is 39.8. The fourth-order valence-corrected chi connectivity index (χ4v) is 10.7. The van der Waals surface area contributed by atoms with Crippen molar-refractivity contribution in [3.05, 3.63) is 114 Å². The van der Waals surface area contributed by atoms with E-state index in [-0.39, 0.29) is 43.5 Å². The van der Waals surface area contributed by atoms with Crippen molar-refractivity contribution in [2.45, 2.75) is 154 Å². The van der Waals surface area contributed by atoms with E-state index in [9.17, 15) is 19.8 Å². The van der Waals surface area contributed by atoms with Gasteiger partial charge in [0, 0.05) is 49.6 Å². The van der Waals surface area contributed by atoms with Gasteiger partial charge in [-0.3, -0.25) is 9.59 Å². The lowest BCUT2D eigenvalue weighted by atomic mass is 9.55. The third-order valence-corrected chi connectivity index (χ3v) is 13.8. The Morgan fingerprint density at radius 2 is 1.58 bits per heavy atom. The highest BCUT2D eigenvalue weighted by Gasteiger charge is 2.65. The van der Waals surface area contributed by atoms with Gasteiger partial charge >= 0.3 is 0 Å². The van der Waals surface area contributed by atoms with Gasteiger partial charge in [0.25, 0.3) is 0 Å². The van der Waals surface area contributed by atoms with Gasteiger partial charge in [-0.15, -0.1) is 6.58 Å². The number of nitrogens with zero attached hydrogens (tertiary/aromatic N) is 2. The van der Waals surface area contributed by atoms with Crippen LogP contribution < -0.4 is 9.47 Å². The Morgan fingerprint density at radius 3 is 2.29 bits per heavy atom. The van der Waals surface area contributed by atoms with Crippen molar-refractivity contribution in [2.24, 2.45) is 22.9 Å². The highest BCUT2D eigenvalue weighted by atomic mass is 16.7. The number of hydrogen-bond donors (Lipinski definition) is 2. The van der Waals surface area contributed by atoms with Crippen molar-refractivity contribution in [3.8, 4) is 17.2 Å². The first-order valence-corrected chi connectivity index (χ1v) is 25.2. The molecule has 1 aliphatic heterocycles. The predicted molar refractivity (Wildman–Crippen MR) is 262 cm³/mol. The highest BCUT2D eigenvalue weighted by molar-refractivity contribution is 6.03. The lowest BCUT2D eigenvalue weighted by Gasteiger charge is -2.60. The molecule has 0 radical (unpaired) electrons. The number of unbranched alkanes of at least 4 members (excludes halogenated alkanes) is 10. The second-order valence-electron chi connectivity index (χ2n) is 18.5. The van der Waals surface area contributed by atoms with Crippen LogP contribution in [0.15, 0.2) is 102 Å². The monoisotopic (exact) mass is 905 g/mol. The minimum atomic E-state index is -1.31. The highest BCUT2D eigenvalue weighted by Crippen LogP contribution is 2.62. The molecule has 0 bridgehead atoms. The molecule has 0 saturated heterocycles. The van der Waals surface area contributed by atoms with E-state index < -0.39 is 17.7 Å². The van der Waals surface area contributed by atoms with E-state index >= 15 is 0 Å². The van der Waals surface area contributed by atoms with Crippen molar-refractivity contribution >= 4 is 17.9 Å². The molecule has 66 heavy (non-hydrogen) atoms. The molecule has 3 aromatic carbocycles. The van der Waals surface area contributed by atoms with Gasteiger partial charge in [-0.2, -0.15) is 0 Å². The Hall–Kier alpha value is -4.77. The minimum absolute atomic E-state index is 0.0783. The molecule has 1 amide bonds. The first-order valence-electron chi connectivity index (χ1n) is 25.2. The number of fused-ring (bicyclic) bond motifs is 2.